The number of aliphatic carboxylic acids is 1. The maximum Gasteiger partial charge on any atom is 0.490 e. The van der Waals surface area contributed by atoms with Crippen LogP contribution in [-0.2, 0) is 14.4 Å². The summed E-state index contributed by atoms with van der Waals surface area (Å²) in [6, 6.07) is 0. The molecule has 0 aromatic heterocycles. The molecule has 51 heavy (non-hydrogen) atoms. The van der Waals surface area contributed by atoms with Crippen LogP contribution in [0.1, 0.15) is 155 Å². The molecule has 0 aliphatic rings. The Balaban J connectivity index is 0. The van der Waals surface area contributed by atoms with Crippen LogP contribution in [0.25, 0.3) is 0 Å². The van der Waals surface area contributed by atoms with Crippen LogP contribution in [0.2, 0.25) is 0 Å². The minimum atomic E-state index is -5.08. The van der Waals surface area contributed by atoms with Gasteiger partial charge in [-0.15, -0.1) is 0 Å². The highest BCUT2D eigenvalue weighted by atomic mass is 19.4. The van der Waals surface area contributed by atoms with Gasteiger partial charge in [-0.1, -0.05) is 90.9 Å². The molecule has 10 nitrogen and oxygen atoms in total. The molecule has 0 atom stereocenters. The number of rotatable bonds is 37. The van der Waals surface area contributed by atoms with Crippen LogP contribution in [0.15, 0.2) is 0 Å². The van der Waals surface area contributed by atoms with Crippen molar-refractivity contribution in [2.75, 3.05) is 65.4 Å². The van der Waals surface area contributed by atoms with Crippen molar-refractivity contribution in [1.82, 2.24) is 31.9 Å². The maximum absolute atomic E-state index is 11.9. The quantitative estimate of drug-likeness (QED) is 0.0344. The largest absolute Gasteiger partial charge is 0.490 e. The molecule has 0 aliphatic heterocycles. The lowest BCUT2D eigenvalue weighted by atomic mass is 10.1. The molecule has 7 N–H and O–H groups in total. The zero-order valence-corrected chi connectivity index (χ0v) is 32.4. The van der Waals surface area contributed by atoms with Crippen molar-refractivity contribution in [2.24, 2.45) is 0 Å². The summed E-state index contributed by atoms with van der Waals surface area (Å²) in [5.41, 5.74) is 0. The van der Waals surface area contributed by atoms with E-state index in [1.165, 1.54) is 89.9 Å². The van der Waals surface area contributed by atoms with Crippen molar-refractivity contribution in [3.63, 3.8) is 0 Å². The van der Waals surface area contributed by atoms with Crippen LogP contribution in [-0.4, -0.2) is 94.5 Å². The molecule has 0 heterocycles. The summed E-state index contributed by atoms with van der Waals surface area (Å²) >= 11 is 0. The maximum atomic E-state index is 11.9. The highest BCUT2D eigenvalue weighted by Gasteiger charge is 2.38. The summed E-state index contributed by atoms with van der Waals surface area (Å²) in [7, 11) is 0. The molecule has 304 valence electrons. The van der Waals surface area contributed by atoms with Gasteiger partial charge in [0, 0.05) is 25.9 Å². The van der Waals surface area contributed by atoms with Crippen LogP contribution < -0.4 is 31.9 Å². The van der Waals surface area contributed by atoms with E-state index in [9.17, 15) is 22.8 Å². The fourth-order valence-corrected chi connectivity index (χ4v) is 5.22. The van der Waals surface area contributed by atoms with Crippen molar-refractivity contribution in [3.8, 4) is 0 Å². The third kappa shape index (κ3) is 46.0. The highest BCUT2D eigenvalue weighted by Crippen LogP contribution is 2.13. The Bertz CT molecular complexity index is 728. The predicted octanol–water partition coefficient (Wildman–Crippen LogP) is 6.83. The second-order valence-electron chi connectivity index (χ2n) is 13.4. The number of amides is 2. The smallest absolute Gasteiger partial charge is 0.475 e. The number of carbonyl (C=O) groups excluding carboxylic acids is 2. The highest BCUT2D eigenvalue weighted by molar-refractivity contribution is 5.76. The number of unbranched alkanes of at least 4 members (excludes halogenated alkanes) is 13. The van der Waals surface area contributed by atoms with Crippen LogP contribution in [0.5, 0.6) is 0 Å². The standard InChI is InChI=1S/C36H76N6O2.C2HF3O2/c1-3-5-7-9-11-13-15-23-35(43)41-33-21-31-39-29-19-27-37-25-17-18-26-38-28-20-30-40-32-22-34-42-36(44)24-16-14-12-10-8-6-4-2;3-2(4,5)1(6)7/h37-40H,3-34H2,1-2H3,(H,41,43)(H,42,44);(H,6,7). The molecule has 0 unspecified atom stereocenters. The van der Waals surface area contributed by atoms with Gasteiger partial charge in [0.15, 0.2) is 0 Å². The van der Waals surface area contributed by atoms with Gasteiger partial charge in [0.1, 0.15) is 0 Å². The van der Waals surface area contributed by atoms with E-state index < -0.39 is 12.1 Å². The Kier molecular flexibility index (Phi) is 40.9. The van der Waals surface area contributed by atoms with Gasteiger partial charge in [-0.05, 0) is 104 Å². The molecule has 0 fully saturated rings. The lowest BCUT2D eigenvalue weighted by Gasteiger charge is -2.09. The number of carboxylic acid groups (broad SMARTS) is 1. The third-order valence-electron chi connectivity index (χ3n) is 8.33. The molecular formula is C38H77F3N6O4. The van der Waals surface area contributed by atoms with Crippen molar-refractivity contribution in [3.05, 3.63) is 0 Å². The SMILES string of the molecule is CCCCCCCCCC(=O)NCCCNCCCNCCCCNCCCNCCCNC(=O)CCCCCCCCC.O=C(O)C(F)(F)F. The zero-order chi connectivity index (χ0) is 38.1. The van der Waals surface area contributed by atoms with Gasteiger partial charge in [-0.25, -0.2) is 4.79 Å². The van der Waals surface area contributed by atoms with E-state index in [1.807, 2.05) is 0 Å². The van der Waals surface area contributed by atoms with Gasteiger partial charge in [0.25, 0.3) is 0 Å². The van der Waals surface area contributed by atoms with E-state index in [0.29, 0.717) is 12.8 Å². The zero-order valence-electron chi connectivity index (χ0n) is 32.4. The number of halogens is 3. The first kappa shape index (κ1) is 51.1. The molecule has 0 spiro atoms. The predicted molar refractivity (Wildman–Crippen MR) is 204 cm³/mol. The van der Waals surface area contributed by atoms with E-state index in [0.717, 1.165) is 104 Å². The first-order valence-electron chi connectivity index (χ1n) is 20.3. The summed E-state index contributed by atoms with van der Waals surface area (Å²) in [5, 5.41) is 27.3. The van der Waals surface area contributed by atoms with Crippen molar-refractivity contribution in [2.45, 2.75) is 161 Å². The Morgan fingerprint density at radius 1 is 0.412 bits per heavy atom. The van der Waals surface area contributed by atoms with E-state index in [1.54, 1.807) is 0 Å². The molecule has 0 saturated heterocycles. The molecule has 0 aromatic carbocycles. The normalized spacial score (nSPS) is 11.2. The lowest BCUT2D eigenvalue weighted by molar-refractivity contribution is -0.192. The van der Waals surface area contributed by atoms with Crippen LogP contribution >= 0.6 is 0 Å². The van der Waals surface area contributed by atoms with E-state index in [-0.39, 0.29) is 11.8 Å². The molecule has 0 aromatic rings. The van der Waals surface area contributed by atoms with Gasteiger partial charge in [-0.2, -0.15) is 13.2 Å². The molecule has 0 rings (SSSR count). The van der Waals surface area contributed by atoms with Gasteiger partial charge in [-0.3, -0.25) is 9.59 Å². The Labute approximate surface area is 308 Å². The number of nitrogens with one attached hydrogen (secondary N) is 6. The topological polar surface area (TPSA) is 144 Å². The second-order valence-corrected chi connectivity index (χ2v) is 13.4. The first-order chi connectivity index (χ1) is 24.6. The first-order valence-corrected chi connectivity index (χ1v) is 20.3. The van der Waals surface area contributed by atoms with Crippen molar-refractivity contribution in [1.29, 1.82) is 0 Å². The van der Waals surface area contributed by atoms with Crippen LogP contribution in [0.4, 0.5) is 13.2 Å². The monoisotopic (exact) mass is 739 g/mol. The number of hydrogen-bond acceptors (Lipinski definition) is 7. The Morgan fingerprint density at radius 2 is 0.667 bits per heavy atom. The van der Waals surface area contributed by atoms with Crippen LogP contribution in [0.3, 0.4) is 0 Å². The van der Waals surface area contributed by atoms with E-state index in [4.69, 9.17) is 9.90 Å². The summed E-state index contributed by atoms with van der Waals surface area (Å²) in [4.78, 5) is 32.7. The Hall–Kier alpha value is -1.96. The third-order valence-corrected chi connectivity index (χ3v) is 8.33. The Morgan fingerprint density at radius 3 is 0.961 bits per heavy atom. The van der Waals surface area contributed by atoms with E-state index in [2.05, 4.69) is 45.7 Å². The molecule has 13 heteroatoms. The average molecular weight is 739 g/mol. The number of alkyl halides is 3. The van der Waals surface area contributed by atoms with Gasteiger partial charge in [0.2, 0.25) is 11.8 Å². The second kappa shape index (κ2) is 40.8. The number of carboxylic acids is 1. The number of carbonyl (C=O) groups is 3. The van der Waals surface area contributed by atoms with Gasteiger partial charge in [0.05, 0.1) is 0 Å². The van der Waals surface area contributed by atoms with E-state index >= 15 is 0 Å². The van der Waals surface area contributed by atoms with Gasteiger partial charge >= 0.3 is 12.1 Å². The summed E-state index contributed by atoms with van der Waals surface area (Å²) in [5.74, 6) is -2.32. The molecule has 0 saturated carbocycles. The van der Waals surface area contributed by atoms with Gasteiger partial charge < -0.3 is 37.0 Å². The minimum Gasteiger partial charge on any atom is -0.475 e. The minimum absolute atomic E-state index is 0.216. The lowest BCUT2D eigenvalue weighted by Crippen LogP contribution is -2.28. The molecule has 0 aliphatic carbocycles. The fourth-order valence-electron chi connectivity index (χ4n) is 5.22. The van der Waals surface area contributed by atoms with Crippen LogP contribution in [0, 0.1) is 0 Å². The molecule has 0 bridgehead atoms. The molecule has 0 radical (unpaired) electrons. The fraction of sp³-hybridized carbons (Fsp3) is 0.921. The van der Waals surface area contributed by atoms with Crippen molar-refractivity contribution < 1.29 is 32.7 Å². The summed E-state index contributed by atoms with van der Waals surface area (Å²) in [6.07, 6.45) is 20.5. The summed E-state index contributed by atoms with van der Waals surface area (Å²) in [6.45, 7) is 14.3. The number of hydrogen-bond donors (Lipinski definition) is 7. The van der Waals surface area contributed by atoms with Crippen molar-refractivity contribution >= 4 is 17.8 Å². The summed E-state index contributed by atoms with van der Waals surface area (Å²) < 4.78 is 31.7. The molecular weight excluding hydrogens is 661 g/mol. The average Bonchev–Trinajstić information content (AvgIpc) is 3.09. The molecule has 2 amide bonds.